The molecule has 0 N–H and O–H groups in total. The summed E-state index contributed by atoms with van der Waals surface area (Å²) in [6.45, 7) is 7.74. The van der Waals surface area contributed by atoms with Gasteiger partial charge in [-0.2, -0.15) is 0 Å². The van der Waals surface area contributed by atoms with Crippen molar-refractivity contribution in [3.05, 3.63) is 0 Å². The fraction of sp³-hybridized carbons (Fsp3) is 1.00. The molecule has 0 saturated carbocycles. The Bertz CT molecular complexity index is 124. The van der Waals surface area contributed by atoms with Crippen LogP contribution in [0.1, 0.15) is 20.8 Å². The van der Waals surface area contributed by atoms with Crippen LogP contribution in [0.4, 0.5) is 0 Å². The zero-order chi connectivity index (χ0) is 11.8. The molecule has 0 aromatic carbocycles. The lowest BCUT2D eigenvalue weighted by Crippen LogP contribution is -2.38. The molecule has 4 nitrogen and oxygen atoms in total. The predicted octanol–water partition coefficient (Wildman–Crippen LogP) is 1.38. The fourth-order valence-electron chi connectivity index (χ4n) is 0.250. The van der Waals surface area contributed by atoms with Crippen molar-refractivity contribution in [2.45, 2.75) is 32.9 Å². The molecule has 0 aliphatic carbocycles. The molecule has 0 unspecified atom stereocenters. The van der Waals surface area contributed by atoms with E-state index < -0.39 is 8.80 Å². The zero-order valence-electron chi connectivity index (χ0n) is 10.1. The highest BCUT2D eigenvalue weighted by Crippen LogP contribution is 2.02. The molecule has 0 aromatic rings. The second kappa shape index (κ2) is 7.55. The van der Waals surface area contributed by atoms with Crippen molar-refractivity contribution in [2.75, 3.05) is 21.3 Å². The summed E-state index contributed by atoms with van der Waals surface area (Å²) in [6.07, 6.45) is 0. The lowest BCUT2D eigenvalue weighted by Gasteiger charge is -2.18. The van der Waals surface area contributed by atoms with Crippen LogP contribution in [0.25, 0.3) is 0 Å². The summed E-state index contributed by atoms with van der Waals surface area (Å²) >= 11 is 0. The Morgan fingerprint density at radius 2 is 1.14 bits per heavy atom. The molecule has 0 aliphatic rings. The first-order valence-corrected chi connectivity index (χ1v) is 6.88. The lowest BCUT2D eigenvalue weighted by atomic mass is 10.2. The van der Waals surface area contributed by atoms with Crippen LogP contribution >= 0.6 is 0 Å². The molecule has 0 saturated heterocycles. The van der Waals surface area contributed by atoms with Gasteiger partial charge in [0.15, 0.2) is 0 Å². The Kier molecular flexibility index (Phi) is 9.00. The molecule has 0 rings (SSSR count). The normalized spacial score (nSPS) is 12.0. The van der Waals surface area contributed by atoms with E-state index in [0.717, 1.165) is 0 Å². The quantitative estimate of drug-likeness (QED) is 0.695. The highest BCUT2D eigenvalue weighted by atomic mass is 28.4. The largest absolute Gasteiger partial charge is 0.496 e. The van der Waals surface area contributed by atoms with Gasteiger partial charge in [-0.05, 0) is 20.8 Å². The average molecular weight is 237 g/mol. The summed E-state index contributed by atoms with van der Waals surface area (Å²) in [7, 11) is 5.49. The Labute approximate surface area is 91.8 Å². The maximum atomic E-state index is 4.93. The molecule has 0 aliphatic heterocycles. The first kappa shape index (κ1) is 16.7. The highest BCUT2D eigenvalue weighted by Gasteiger charge is 2.29. The van der Waals surface area contributed by atoms with E-state index in [9.17, 15) is 0 Å². The van der Waals surface area contributed by atoms with Gasteiger partial charge in [0, 0.05) is 33.5 Å². The van der Waals surface area contributed by atoms with E-state index in [1.165, 1.54) is 0 Å². The van der Waals surface area contributed by atoms with Gasteiger partial charge in [-0.15, -0.1) is 0 Å². The third kappa shape index (κ3) is 10.4. The Morgan fingerprint density at radius 3 is 1.14 bits per heavy atom. The molecule has 0 heterocycles. The van der Waals surface area contributed by atoms with Gasteiger partial charge in [0.1, 0.15) is 0 Å². The van der Waals surface area contributed by atoms with E-state index in [0.29, 0.717) is 0 Å². The zero-order valence-corrected chi connectivity index (χ0v) is 12.1. The van der Waals surface area contributed by atoms with Crippen molar-refractivity contribution in [3.8, 4) is 0 Å². The van der Waals surface area contributed by atoms with Gasteiger partial charge in [0.05, 0.1) is 0 Å². The standard InChI is InChI=1S/C4H12O3Si.C4H9OSi/c1-5-8(4,6-2)7-3;1-4(2,3)5-6/h1-4H3;1-3H3. The minimum absolute atomic E-state index is 0.0448. The van der Waals surface area contributed by atoms with Gasteiger partial charge in [-0.1, -0.05) is 0 Å². The summed E-state index contributed by atoms with van der Waals surface area (Å²) in [5, 5.41) is 0. The maximum absolute atomic E-state index is 4.93. The van der Waals surface area contributed by atoms with Crippen LogP contribution in [-0.4, -0.2) is 46.2 Å². The molecule has 0 bridgehead atoms. The van der Waals surface area contributed by atoms with Crippen molar-refractivity contribution in [1.29, 1.82) is 0 Å². The van der Waals surface area contributed by atoms with Crippen LogP contribution in [0.3, 0.4) is 0 Å². The number of rotatable bonds is 3. The number of hydrogen-bond donors (Lipinski definition) is 0. The molecule has 0 fully saturated rings. The van der Waals surface area contributed by atoms with E-state index in [1.807, 2.05) is 27.3 Å². The topological polar surface area (TPSA) is 36.9 Å². The summed E-state index contributed by atoms with van der Waals surface area (Å²) in [5.41, 5.74) is -0.0448. The van der Waals surface area contributed by atoms with Crippen LogP contribution in [0.15, 0.2) is 0 Å². The molecule has 0 amide bonds. The second-order valence-corrected chi connectivity index (χ2v) is 6.84. The summed E-state index contributed by atoms with van der Waals surface area (Å²) < 4.78 is 19.5. The van der Waals surface area contributed by atoms with Crippen molar-refractivity contribution in [1.82, 2.24) is 0 Å². The van der Waals surface area contributed by atoms with E-state index in [4.69, 9.17) is 17.7 Å². The Hall–Kier alpha value is 0.274. The molecule has 14 heavy (non-hydrogen) atoms. The Balaban J connectivity index is 0. The van der Waals surface area contributed by atoms with Crippen molar-refractivity contribution < 1.29 is 17.7 Å². The van der Waals surface area contributed by atoms with Crippen molar-refractivity contribution in [2.24, 2.45) is 0 Å². The molecule has 3 radical (unpaired) electrons. The highest BCUT2D eigenvalue weighted by molar-refractivity contribution is 6.58. The van der Waals surface area contributed by atoms with Crippen molar-refractivity contribution >= 4 is 19.3 Å². The van der Waals surface area contributed by atoms with Gasteiger partial charge < -0.3 is 17.7 Å². The van der Waals surface area contributed by atoms with E-state index in [1.54, 1.807) is 21.3 Å². The monoisotopic (exact) mass is 237 g/mol. The van der Waals surface area contributed by atoms with Gasteiger partial charge in [0.25, 0.3) is 0 Å². The molecule has 85 valence electrons. The fourth-order valence-corrected chi connectivity index (χ4v) is 0.750. The van der Waals surface area contributed by atoms with Crippen LogP contribution in [-0.2, 0) is 17.7 Å². The second-order valence-electron chi connectivity index (χ2n) is 3.69. The molecule has 0 atom stereocenters. The minimum atomic E-state index is -2.17. The minimum Gasteiger partial charge on any atom is -0.414 e. The number of hydrogen-bond acceptors (Lipinski definition) is 4. The predicted molar refractivity (Wildman–Crippen MR) is 59.2 cm³/mol. The van der Waals surface area contributed by atoms with Crippen LogP contribution < -0.4 is 0 Å². The smallest absolute Gasteiger partial charge is 0.414 e. The van der Waals surface area contributed by atoms with Crippen LogP contribution in [0.2, 0.25) is 6.55 Å². The van der Waals surface area contributed by atoms with Gasteiger partial charge in [-0.25, -0.2) is 0 Å². The summed E-state index contributed by atoms with van der Waals surface area (Å²) in [6, 6.07) is 0. The first-order valence-electron chi connectivity index (χ1n) is 4.25. The first-order chi connectivity index (χ1) is 6.24. The molecule has 0 aromatic heterocycles. The van der Waals surface area contributed by atoms with Gasteiger partial charge in [0.2, 0.25) is 10.5 Å². The summed E-state index contributed by atoms with van der Waals surface area (Å²) in [5.74, 6) is 0. The Morgan fingerprint density at radius 1 is 0.929 bits per heavy atom. The van der Waals surface area contributed by atoms with Gasteiger partial charge in [-0.3, -0.25) is 0 Å². The van der Waals surface area contributed by atoms with E-state index >= 15 is 0 Å². The van der Waals surface area contributed by atoms with Crippen LogP contribution in [0.5, 0.6) is 0 Å². The van der Waals surface area contributed by atoms with E-state index in [2.05, 4.69) is 10.5 Å². The molecule has 6 heteroatoms. The molecular formula is C8H21O4Si2. The van der Waals surface area contributed by atoms with Crippen molar-refractivity contribution in [3.63, 3.8) is 0 Å². The molecule has 0 spiro atoms. The average Bonchev–Trinajstić information content (AvgIpc) is 2.16. The van der Waals surface area contributed by atoms with Gasteiger partial charge >= 0.3 is 8.80 Å². The SMILES string of the molecule is CC(C)(C)O[Si].CO[Si](C)(OC)OC. The third-order valence-corrected chi connectivity index (χ3v) is 4.26. The maximum Gasteiger partial charge on any atom is 0.496 e. The summed E-state index contributed by atoms with van der Waals surface area (Å²) in [4.78, 5) is 0. The van der Waals surface area contributed by atoms with E-state index in [-0.39, 0.29) is 5.60 Å². The molecular weight excluding hydrogens is 216 g/mol. The lowest BCUT2D eigenvalue weighted by molar-refractivity contribution is 0.132. The van der Waals surface area contributed by atoms with Crippen LogP contribution in [0, 0.1) is 0 Å². The third-order valence-electron chi connectivity index (χ3n) is 1.42.